The van der Waals surface area contributed by atoms with Crippen molar-refractivity contribution in [2.75, 3.05) is 0 Å². The van der Waals surface area contributed by atoms with Gasteiger partial charge in [0.15, 0.2) is 0 Å². The molecule has 0 radical (unpaired) electrons. The largest absolute Gasteiger partial charge is 0.444 e. The zero-order valence-corrected chi connectivity index (χ0v) is 11.1. The van der Waals surface area contributed by atoms with Crippen molar-refractivity contribution in [3.8, 4) is 0 Å². The van der Waals surface area contributed by atoms with E-state index < -0.39 is 11.7 Å². The van der Waals surface area contributed by atoms with Crippen LogP contribution in [-0.4, -0.2) is 11.7 Å². The van der Waals surface area contributed by atoms with Crippen LogP contribution in [0, 0.1) is 4.91 Å². The molecule has 0 unspecified atom stereocenters. The van der Waals surface area contributed by atoms with E-state index >= 15 is 0 Å². The zero-order chi connectivity index (χ0) is 13.8. The van der Waals surface area contributed by atoms with Crippen LogP contribution < -0.4 is 5.32 Å². The molecule has 0 aliphatic heterocycles. The molecule has 98 valence electrons. The molecule has 1 amide bonds. The second-order valence-corrected chi connectivity index (χ2v) is 5.05. The summed E-state index contributed by atoms with van der Waals surface area (Å²) in [5, 5.41) is 5.54. The lowest BCUT2D eigenvalue weighted by Gasteiger charge is -2.22. The molecule has 1 rings (SSSR count). The van der Waals surface area contributed by atoms with Crippen molar-refractivity contribution in [1.82, 2.24) is 5.32 Å². The van der Waals surface area contributed by atoms with E-state index in [-0.39, 0.29) is 6.04 Å². The number of nitrogens with zero attached hydrogens (tertiary/aromatic N) is 1. The van der Waals surface area contributed by atoms with Crippen molar-refractivity contribution in [1.29, 1.82) is 0 Å². The van der Waals surface area contributed by atoms with Crippen molar-refractivity contribution >= 4 is 11.8 Å². The maximum absolute atomic E-state index is 11.6. The smallest absolute Gasteiger partial charge is 0.408 e. The maximum Gasteiger partial charge on any atom is 0.408 e. The number of benzene rings is 1. The van der Waals surface area contributed by atoms with Gasteiger partial charge >= 0.3 is 6.09 Å². The van der Waals surface area contributed by atoms with Crippen LogP contribution in [0.5, 0.6) is 0 Å². The van der Waals surface area contributed by atoms with Gasteiger partial charge in [0.1, 0.15) is 11.3 Å². The number of nitrogens with one attached hydrogen (secondary N) is 1. The Morgan fingerprint density at radius 3 is 2.28 bits per heavy atom. The molecule has 1 atom stereocenters. The zero-order valence-electron chi connectivity index (χ0n) is 11.1. The Bertz CT molecular complexity index is 421. The molecule has 5 nitrogen and oxygen atoms in total. The van der Waals surface area contributed by atoms with Crippen LogP contribution in [0.1, 0.15) is 39.3 Å². The van der Waals surface area contributed by atoms with Gasteiger partial charge in [-0.25, -0.2) is 4.79 Å². The minimum atomic E-state index is -0.519. The first-order valence-electron chi connectivity index (χ1n) is 5.74. The first kappa shape index (κ1) is 14.2. The second kappa shape index (κ2) is 5.62. The quantitative estimate of drug-likeness (QED) is 0.832. The van der Waals surface area contributed by atoms with Crippen molar-refractivity contribution in [2.24, 2.45) is 5.18 Å². The predicted octanol–water partition coefficient (Wildman–Crippen LogP) is 3.67. The van der Waals surface area contributed by atoms with E-state index in [0.717, 1.165) is 5.56 Å². The fourth-order valence-corrected chi connectivity index (χ4v) is 1.39. The summed E-state index contributed by atoms with van der Waals surface area (Å²) in [7, 11) is 0. The van der Waals surface area contributed by atoms with Gasteiger partial charge in [-0.3, -0.25) is 0 Å². The average molecular weight is 250 g/mol. The molecule has 0 saturated carbocycles. The minimum absolute atomic E-state index is 0.194. The Balaban J connectivity index is 2.61. The summed E-state index contributed by atoms with van der Waals surface area (Å²) < 4.78 is 5.16. The van der Waals surface area contributed by atoms with E-state index in [9.17, 15) is 9.70 Å². The molecule has 18 heavy (non-hydrogen) atoms. The van der Waals surface area contributed by atoms with Gasteiger partial charge in [-0.1, -0.05) is 12.1 Å². The van der Waals surface area contributed by atoms with Gasteiger partial charge in [-0.2, -0.15) is 0 Å². The van der Waals surface area contributed by atoms with Crippen molar-refractivity contribution in [2.45, 2.75) is 39.3 Å². The first-order chi connectivity index (χ1) is 8.31. The average Bonchev–Trinajstić information content (AvgIpc) is 2.26. The number of amides is 1. The number of alkyl carbamates (subject to hydrolysis) is 1. The van der Waals surface area contributed by atoms with Crippen LogP contribution in [0.2, 0.25) is 0 Å². The van der Waals surface area contributed by atoms with Gasteiger partial charge in [0.05, 0.1) is 6.04 Å². The van der Waals surface area contributed by atoms with Gasteiger partial charge < -0.3 is 10.1 Å². The lowest BCUT2D eigenvalue weighted by atomic mass is 10.1. The van der Waals surface area contributed by atoms with Crippen molar-refractivity contribution in [3.05, 3.63) is 34.7 Å². The van der Waals surface area contributed by atoms with Crippen LogP contribution in [0.15, 0.2) is 29.4 Å². The second-order valence-electron chi connectivity index (χ2n) is 5.05. The van der Waals surface area contributed by atoms with Crippen LogP contribution >= 0.6 is 0 Å². The Kier molecular flexibility index (Phi) is 4.42. The molecule has 1 aromatic carbocycles. The monoisotopic (exact) mass is 250 g/mol. The number of carbonyl (C=O) groups excluding carboxylic acids is 1. The molecule has 0 bridgehead atoms. The topological polar surface area (TPSA) is 67.8 Å². The van der Waals surface area contributed by atoms with Crippen LogP contribution in [-0.2, 0) is 4.74 Å². The molecular formula is C13H18N2O3. The standard InChI is InChI=1S/C13H18N2O3/c1-9(14-12(16)18-13(2,3)4)10-5-7-11(15-17)8-6-10/h5-9H,1-4H3,(H,14,16)/t9-/m0/s1. The van der Waals surface area contributed by atoms with Crippen molar-refractivity contribution < 1.29 is 9.53 Å². The Hall–Kier alpha value is -1.91. The van der Waals surface area contributed by atoms with Gasteiger partial charge in [0, 0.05) is 0 Å². The predicted molar refractivity (Wildman–Crippen MR) is 69.7 cm³/mol. The first-order valence-corrected chi connectivity index (χ1v) is 5.74. The molecule has 1 aromatic rings. The summed E-state index contributed by atoms with van der Waals surface area (Å²) in [6.07, 6.45) is -0.465. The molecule has 0 heterocycles. The molecule has 0 fully saturated rings. The summed E-state index contributed by atoms with van der Waals surface area (Å²) in [5.41, 5.74) is 0.728. The number of rotatable bonds is 3. The fourth-order valence-electron chi connectivity index (χ4n) is 1.39. The molecule has 5 heteroatoms. The molecule has 0 saturated heterocycles. The van der Waals surface area contributed by atoms with Crippen molar-refractivity contribution in [3.63, 3.8) is 0 Å². The van der Waals surface area contributed by atoms with Crippen LogP contribution in [0.3, 0.4) is 0 Å². The highest BCUT2D eigenvalue weighted by molar-refractivity contribution is 5.68. The van der Waals surface area contributed by atoms with Gasteiger partial charge in [-0.15, -0.1) is 4.91 Å². The highest BCUT2D eigenvalue weighted by atomic mass is 16.6. The highest BCUT2D eigenvalue weighted by Gasteiger charge is 2.18. The molecule has 0 aliphatic carbocycles. The summed E-state index contributed by atoms with van der Waals surface area (Å²) in [6, 6.07) is 6.52. The molecule has 0 spiro atoms. The van der Waals surface area contributed by atoms with E-state index in [2.05, 4.69) is 10.5 Å². The summed E-state index contributed by atoms with van der Waals surface area (Å²) in [6.45, 7) is 7.26. The number of hydrogen-bond acceptors (Lipinski definition) is 4. The Morgan fingerprint density at radius 2 is 1.83 bits per heavy atom. The van der Waals surface area contributed by atoms with Crippen LogP contribution in [0.25, 0.3) is 0 Å². The highest BCUT2D eigenvalue weighted by Crippen LogP contribution is 2.18. The number of carbonyl (C=O) groups is 1. The third-order valence-electron chi connectivity index (χ3n) is 2.23. The summed E-state index contributed by atoms with van der Waals surface area (Å²) in [5.74, 6) is 0. The number of ether oxygens (including phenoxy) is 1. The Labute approximate surface area is 107 Å². The fraction of sp³-hybridized carbons (Fsp3) is 0.462. The van der Waals surface area contributed by atoms with E-state index in [1.54, 1.807) is 24.3 Å². The third-order valence-corrected chi connectivity index (χ3v) is 2.23. The normalized spacial score (nSPS) is 12.7. The Morgan fingerprint density at radius 1 is 1.28 bits per heavy atom. The van der Waals surface area contributed by atoms with Gasteiger partial charge in [0.2, 0.25) is 0 Å². The van der Waals surface area contributed by atoms with Gasteiger partial charge in [0.25, 0.3) is 0 Å². The third kappa shape index (κ3) is 4.53. The molecular weight excluding hydrogens is 232 g/mol. The number of hydrogen-bond donors (Lipinski definition) is 1. The molecule has 0 aromatic heterocycles. The lowest BCUT2D eigenvalue weighted by molar-refractivity contribution is 0.0508. The molecule has 1 N–H and O–H groups in total. The SMILES string of the molecule is C[C@H](NC(=O)OC(C)(C)C)c1ccc(N=O)cc1. The molecule has 0 aliphatic rings. The summed E-state index contributed by atoms with van der Waals surface area (Å²) >= 11 is 0. The van der Waals surface area contributed by atoms with Crippen LogP contribution in [0.4, 0.5) is 10.5 Å². The van der Waals surface area contributed by atoms with E-state index in [0.29, 0.717) is 5.69 Å². The van der Waals surface area contributed by atoms with E-state index in [1.165, 1.54) is 0 Å². The lowest BCUT2D eigenvalue weighted by Crippen LogP contribution is -2.33. The summed E-state index contributed by atoms with van der Waals surface area (Å²) in [4.78, 5) is 21.8. The van der Waals surface area contributed by atoms with E-state index in [4.69, 9.17) is 4.74 Å². The maximum atomic E-state index is 11.6. The van der Waals surface area contributed by atoms with Gasteiger partial charge in [-0.05, 0) is 50.6 Å². The minimum Gasteiger partial charge on any atom is -0.444 e. The van der Waals surface area contributed by atoms with E-state index in [1.807, 2.05) is 27.7 Å². The number of nitroso groups, excluding NO2 is 1.